The number of carbonyl (C=O) groups is 1. The summed E-state index contributed by atoms with van der Waals surface area (Å²) in [6.45, 7) is 0. The van der Waals surface area contributed by atoms with Crippen molar-refractivity contribution in [1.82, 2.24) is 0 Å². The molecule has 0 saturated carbocycles. The molecule has 0 radical (unpaired) electrons. The third kappa shape index (κ3) is 2.76. The minimum Gasteiger partial charge on any atom is -0.281 e. The molecule has 0 fully saturated rings. The van der Waals surface area contributed by atoms with Crippen LogP contribution in [0.2, 0.25) is 0 Å². The molecule has 15 heavy (non-hydrogen) atoms. The Morgan fingerprint density at radius 3 is 2.73 bits per heavy atom. The summed E-state index contributed by atoms with van der Waals surface area (Å²) in [6.07, 6.45) is -0.0474. The molecule has 0 heterocycles. The first kappa shape index (κ1) is 11.1. The van der Waals surface area contributed by atoms with E-state index in [1.807, 2.05) is 0 Å². The monoisotopic (exact) mass is 224 g/mol. The molecular weight excluding hydrogens is 220 g/mol. The second kappa shape index (κ2) is 4.53. The Labute approximate surface area is 90.0 Å². The lowest BCUT2D eigenvalue weighted by Crippen LogP contribution is -1.97. The van der Waals surface area contributed by atoms with Gasteiger partial charge in [-0.1, -0.05) is 6.07 Å². The van der Waals surface area contributed by atoms with Gasteiger partial charge < -0.3 is 0 Å². The zero-order chi connectivity index (χ0) is 11.4. The van der Waals surface area contributed by atoms with Crippen molar-refractivity contribution in [3.8, 4) is 6.07 Å². The summed E-state index contributed by atoms with van der Waals surface area (Å²) in [5.74, 6) is 0. The fraction of sp³-hybridized carbons (Fsp3) is 0.111. The van der Waals surface area contributed by atoms with E-state index in [2.05, 4.69) is 0 Å². The summed E-state index contributed by atoms with van der Waals surface area (Å²) in [5.41, 5.74) is 0.135. The number of hydrogen-bond donors (Lipinski definition) is 0. The Kier molecular flexibility index (Phi) is 3.37. The van der Waals surface area contributed by atoms with Gasteiger partial charge in [0.15, 0.2) is 0 Å². The molecule has 0 amide bonds. The van der Waals surface area contributed by atoms with Crippen LogP contribution in [-0.4, -0.2) is 10.2 Å². The third-order valence-corrected chi connectivity index (χ3v) is 1.85. The molecule has 0 aliphatic heterocycles. The third-order valence-electron chi connectivity index (χ3n) is 1.72. The first-order valence-corrected chi connectivity index (χ1v) is 4.28. The van der Waals surface area contributed by atoms with Gasteiger partial charge in [0.1, 0.15) is 11.6 Å². The van der Waals surface area contributed by atoms with Gasteiger partial charge in [-0.05, 0) is 23.2 Å². The van der Waals surface area contributed by atoms with Crippen LogP contribution in [0.1, 0.15) is 11.1 Å². The predicted molar refractivity (Wildman–Crippen MR) is 52.4 cm³/mol. The van der Waals surface area contributed by atoms with Gasteiger partial charge in [-0.3, -0.25) is 14.9 Å². The molecule has 0 bridgehead atoms. The summed E-state index contributed by atoms with van der Waals surface area (Å²) in [5, 5.41) is 18.6. The van der Waals surface area contributed by atoms with Crippen LogP contribution in [0.3, 0.4) is 0 Å². The van der Waals surface area contributed by atoms with Crippen LogP contribution in [0.4, 0.5) is 5.69 Å². The molecule has 1 aromatic carbocycles. The van der Waals surface area contributed by atoms with Crippen LogP contribution < -0.4 is 0 Å². The summed E-state index contributed by atoms with van der Waals surface area (Å²) in [7, 11) is 0. The highest BCUT2D eigenvalue weighted by atomic mass is 35.5. The van der Waals surface area contributed by atoms with Gasteiger partial charge in [0.05, 0.1) is 4.92 Å². The standard InChI is InChI=1S/C9H5ClN2O3/c10-9(13)4-6-1-2-8(12(14)15)7(3-6)5-11/h1-3H,4H2. The molecule has 0 atom stereocenters. The zero-order valence-electron chi connectivity index (χ0n) is 7.44. The predicted octanol–water partition coefficient (Wildman–Crippen LogP) is 1.77. The normalized spacial score (nSPS) is 9.33. The Morgan fingerprint density at radius 1 is 1.60 bits per heavy atom. The van der Waals surface area contributed by atoms with Crippen molar-refractivity contribution >= 4 is 22.5 Å². The molecule has 1 rings (SSSR count). The van der Waals surface area contributed by atoms with Crippen molar-refractivity contribution in [1.29, 1.82) is 5.26 Å². The molecule has 0 N–H and O–H groups in total. The number of nitrogens with zero attached hydrogens (tertiary/aromatic N) is 2. The van der Waals surface area contributed by atoms with Gasteiger partial charge in [-0.2, -0.15) is 5.26 Å². The maximum Gasteiger partial charge on any atom is 0.287 e. The van der Waals surface area contributed by atoms with Crippen molar-refractivity contribution < 1.29 is 9.72 Å². The number of benzene rings is 1. The lowest BCUT2D eigenvalue weighted by molar-refractivity contribution is -0.385. The largest absolute Gasteiger partial charge is 0.287 e. The maximum absolute atomic E-state index is 10.6. The first-order chi connectivity index (χ1) is 7.04. The van der Waals surface area contributed by atoms with Crippen LogP contribution in [-0.2, 0) is 11.2 Å². The van der Waals surface area contributed by atoms with Crippen molar-refractivity contribution in [3.05, 3.63) is 39.4 Å². The number of halogens is 1. The molecule has 1 aromatic rings. The Morgan fingerprint density at radius 2 is 2.27 bits per heavy atom. The van der Waals surface area contributed by atoms with Gasteiger partial charge in [-0.25, -0.2) is 0 Å². The van der Waals surface area contributed by atoms with Crippen LogP contribution in [0.25, 0.3) is 0 Å². The fourth-order valence-electron chi connectivity index (χ4n) is 1.10. The summed E-state index contributed by atoms with van der Waals surface area (Å²) in [6, 6.07) is 5.57. The number of nitriles is 1. The van der Waals surface area contributed by atoms with Crippen LogP contribution in [0.15, 0.2) is 18.2 Å². The first-order valence-electron chi connectivity index (χ1n) is 3.90. The molecular formula is C9H5ClN2O3. The van der Waals surface area contributed by atoms with E-state index in [1.165, 1.54) is 18.2 Å². The second-order valence-corrected chi connectivity index (χ2v) is 3.17. The Bertz CT molecular complexity index is 465. The van der Waals surface area contributed by atoms with E-state index in [9.17, 15) is 14.9 Å². The number of rotatable bonds is 3. The van der Waals surface area contributed by atoms with Gasteiger partial charge in [-0.15, -0.1) is 0 Å². The molecule has 5 nitrogen and oxygen atoms in total. The van der Waals surface area contributed by atoms with Gasteiger partial charge in [0.2, 0.25) is 5.24 Å². The summed E-state index contributed by atoms with van der Waals surface area (Å²) in [4.78, 5) is 20.4. The number of nitro benzene ring substituents is 1. The lowest BCUT2D eigenvalue weighted by atomic mass is 10.1. The highest BCUT2D eigenvalue weighted by Gasteiger charge is 2.14. The van der Waals surface area contributed by atoms with E-state index in [1.54, 1.807) is 6.07 Å². The van der Waals surface area contributed by atoms with Crippen LogP contribution in [0.5, 0.6) is 0 Å². The molecule has 6 heteroatoms. The molecule has 0 aromatic heterocycles. The second-order valence-electron chi connectivity index (χ2n) is 2.75. The molecule has 0 spiro atoms. The molecule has 0 aliphatic rings. The van der Waals surface area contributed by atoms with Crippen LogP contribution >= 0.6 is 11.6 Å². The van der Waals surface area contributed by atoms with Gasteiger partial charge >= 0.3 is 0 Å². The van der Waals surface area contributed by atoms with Crippen molar-refractivity contribution in [3.63, 3.8) is 0 Å². The van der Waals surface area contributed by atoms with E-state index in [-0.39, 0.29) is 17.7 Å². The minimum atomic E-state index is -0.648. The van der Waals surface area contributed by atoms with E-state index < -0.39 is 10.2 Å². The van der Waals surface area contributed by atoms with E-state index in [0.717, 1.165) is 0 Å². The van der Waals surface area contributed by atoms with E-state index in [0.29, 0.717) is 5.56 Å². The van der Waals surface area contributed by atoms with Crippen molar-refractivity contribution in [2.75, 3.05) is 0 Å². The quantitative estimate of drug-likeness (QED) is 0.445. The minimum absolute atomic E-state index is 0.0474. The Balaban J connectivity index is 3.15. The SMILES string of the molecule is N#Cc1cc(CC(=O)Cl)ccc1[N+](=O)[O-]. The molecule has 0 aliphatic carbocycles. The zero-order valence-corrected chi connectivity index (χ0v) is 8.19. The van der Waals surface area contributed by atoms with Crippen molar-refractivity contribution in [2.45, 2.75) is 6.42 Å². The number of carbonyl (C=O) groups excluding carboxylic acids is 1. The van der Waals surface area contributed by atoms with Crippen LogP contribution in [0, 0.1) is 21.4 Å². The van der Waals surface area contributed by atoms with E-state index in [4.69, 9.17) is 16.9 Å². The topological polar surface area (TPSA) is 84.0 Å². The molecule has 0 unspecified atom stereocenters. The number of nitro groups is 1. The average Bonchev–Trinajstić information content (AvgIpc) is 2.16. The fourth-order valence-corrected chi connectivity index (χ4v) is 1.26. The summed E-state index contributed by atoms with van der Waals surface area (Å²) < 4.78 is 0. The van der Waals surface area contributed by atoms with Gasteiger partial charge in [0, 0.05) is 12.5 Å². The highest BCUT2D eigenvalue weighted by molar-refractivity contribution is 6.63. The maximum atomic E-state index is 10.6. The smallest absolute Gasteiger partial charge is 0.281 e. The van der Waals surface area contributed by atoms with Crippen molar-refractivity contribution in [2.24, 2.45) is 0 Å². The average molecular weight is 225 g/mol. The molecule has 76 valence electrons. The van der Waals surface area contributed by atoms with E-state index >= 15 is 0 Å². The molecule has 0 saturated heterocycles. The Hall–Kier alpha value is -1.93. The lowest BCUT2D eigenvalue weighted by Gasteiger charge is -1.98. The number of hydrogen-bond acceptors (Lipinski definition) is 4. The van der Waals surface area contributed by atoms with Gasteiger partial charge in [0.25, 0.3) is 5.69 Å². The highest BCUT2D eigenvalue weighted by Crippen LogP contribution is 2.19. The summed E-state index contributed by atoms with van der Waals surface area (Å²) >= 11 is 5.15.